The number of hydrogen-bond acceptors (Lipinski definition) is 5. The van der Waals surface area contributed by atoms with Crippen LogP contribution in [-0.2, 0) is 14.8 Å². The van der Waals surface area contributed by atoms with E-state index >= 15 is 0 Å². The van der Waals surface area contributed by atoms with E-state index in [1.54, 1.807) is 36.5 Å². The van der Waals surface area contributed by atoms with Gasteiger partial charge in [0.15, 0.2) is 6.61 Å². The zero-order chi connectivity index (χ0) is 18.7. The maximum absolute atomic E-state index is 12.1. The van der Waals surface area contributed by atoms with Gasteiger partial charge in [-0.25, -0.2) is 13.6 Å². The van der Waals surface area contributed by atoms with Gasteiger partial charge in [0.2, 0.25) is 10.0 Å². The maximum Gasteiger partial charge on any atom is 0.262 e. The number of carbonyl (C=O) groups is 1. The van der Waals surface area contributed by atoms with Crippen LogP contribution < -0.4 is 15.2 Å². The van der Waals surface area contributed by atoms with E-state index in [1.165, 1.54) is 18.2 Å². The summed E-state index contributed by atoms with van der Waals surface area (Å²) in [6.07, 6.45) is 1.60. The van der Waals surface area contributed by atoms with E-state index in [-0.39, 0.29) is 11.5 Å². The molecule has 26 heavy (non-hydrogen) atoms. The molecule has 0 saturated heterocycles. The van der Waals surface area contributed by atoms with Gasteiger partial charge in [-0.2, -0.15) is 0 Å². The third-order valence-electron chi connectivity index (χ3n) is 3.48. The van der Waals surface area contributed by atoms with E-state index in [1.807, 2.05) is 0 Å². The molecular formula is C17H14ClN3O4S. The molecule has 0 unspecified atom stereocenters. The van der Waals surface area contributed by atoms with Crippen LogP contribution in [0.15, 0.2) is 59.6 Å². The number of ether oxygens (including phenoxy) is 1. The van der Waals surface area contributed by atoms with Crippen molar-refractivity contribution in [2.24, 2.45) is 5.14 Å². The van der Waals surface area contributed by atoms with E-state index in [0.29, 0.717) is 27.4 Å². The van der Waals surface area contributed by atoms with Gasteiger partial charge in [0.25, 0.3) is 5.91 Å². The Bertz CT molecular complexity index is 1090. The van der Waals surface area contributed by atoms with Crippen LogP contribution in [0.1, 0.15) is 0 Å². The molecule has 0 radical (unpaired) electrons. The van der Waals surface area contributed by atoms with E-state index in [2.05, 4.69) is 10.3 Å². The molecule has 0 spiro atoms. The van der Waals surface area contributed by atoms with Gasteiger partial charge in [-0.15, -0.1) is 0 Å². The molecule has 134 valence electrons. The molecule has 1 heterocycles. The molecule has 1 aromatic heterocycles. The molecule has 0 atom stereocenters. The SMILES string of the molecule is NS(=O)(=O)c1cccc(NC(=O)COc2ccc(Cl)c3cccnc23)c1. The molecular weight excluding hydrogens is 378 g/mol. The molecule has 3 N–H and O–H groups in total. The Morgan fingerprint density at radius 3 is 2.77 bits per heavy atom. The van der Waals surface area contributed by atoms with Crippen molar-refractivity contribution in [3.8, 4) is 5.75 Å². The summed E-state index contributed by atoms with van der Waals surface area (Å²) in [5, 5.41) is 8.87. The molecule has 2 aromatic carbocycles. The Labute approximate surface area is 154 Å². The molecule has 7 nitrogen and oxygen atoms in total. The summed E-state index contributed by atoms with van der Waals surface area (Å²) in [6.45, 7) is -0.285. The molecule has 0 saturated carbocycles. The second kappa shape index (κ2) is 7.28. The highest BCUT2D eigenvalue weighted by Crippen LogP contribution is 2.29. The first-order valence-electron chi connectivity index (χ1n) is 7.43. The Hall–Kier alpha value is -2.68. The number of sulfonamides is 1. The van der Waals surface area contributed by atoms with Crippen molar-refractivity contribution in [3.05, 3.63) is 59.8 Å². The van der Waals surface area contributed by atoms with Crippen LogP contribution in [-0.4, -0.2) is 25.9 Å². The van der Waals surface area contributed by atoms with E-state index in [9.17, 15) is 13.2 Å². The number of anilines is 1. The number of nitrogens with two attached hydrogens (primary N) is 1. The number of rotatable bonds is 5. The van der Waals surface area contributed by atoms with Gasteiger partial charge in [-0.1, -0.05) is 17.7 Å². The van der Waals surface area contributed by atoms with Crippen LogP contribution in [0.5, 0.6) is 5.75 Å². The number of aromatic nitrogens is 1. The number of carbonyl (C=O) groups excluding carboxylic acids is 1. The molecule has 0 aliphatic carbocycles. The van der Waals surface area contributed by atoms with E-state index < -0.39 is 15.9 Å². The predicted octanol–water partition coefficient (Wildman–Crippen LogP) is 2.55. The molecule has 0 aliphatic rings. The number of halogens is 1. The van der Waals surface area contributed by atoms with Crippen molar-refractivity contribution in [2.75, 3.05) is 11.9 Å². The molecule has 0 fully saturated rings. The molecule has 3 rings (SSSR count). The van der Waals surface area contributed by atoms with Crippen LogP contribution in [0.2, 0.25) is 5.02 Å². The molecule has 1 amide bonds. The third-order valence-corrected chi connectivity index (χ3v) is 4.73. The fourth-order valence-corrected chi connectivity index (χ4v) is 3.09. The molecule has 0 aliphatic heterocycles. The van der Waals surface area contributed by atoms with Crippen molar-refractivity contribution < 1.29 is 17.9 Å². The van der Waals surface area contributed by atoms with Crippen LogP contribution in [0.25, 0.3) is 10.9 Å². The Morgan fingerprint density at radius 2 is 2.00 bits per heavy atom. The second-order valence-electron chi connectivity index (χ2n) is 5.35. The summed E-state index contributed by atoms with van der Waals surface area (Å²) in [5.41, 5.74) is 0.841. The minimum Gasteiger partial charge on any atom is -0.481 e. The fourth-order valence-electron chi connectivity index (χ4n) is 2.32. The number of pyridine rings is 1. The van der Waals surface area contributed by atoms with Crippen molar-refractivity contribution in [2.45, 2.75) is 4.90 Å². The monoisotopic (exact) mass is 391 g/mol. The topological polar surface area (TPSA) is 111 Å². The van der Waals surface area contributed by atoms with Crippen LogP contribution >= 0.6 is 11.6 Å². The van der Waals surface area contributed by atoms with Gasteiger partial charge in [-0.05, 0) is 42.5 Å². The Morgan fingerprint density at radius 1 is 1.19 bits per heavy atom. The largest absolute Gasteiger partial charge is 0.481 e. The average Bonchev–Trinajstić information content (AvgIpc) is 2.61. The number of nitrogens with zero attached hydrogens (tertiary/aromatic N) is 1. The summed E-state index contributed by atoms with van der Waals surface area (Å²) < 4.78 is 28.2. The van der Waals surface area contributed by atoms with Gasteiger partial charge >= 0.3 is 0 Å². The van der Waals surface area contributed by atoms with Crippen LogP contribution in [0.3, 0.4) is 0 Å². The van der Waals surface area contributed by atoms with Crippen LogP contribution in [0, 0.1) is 0 Å². The maximum atomic E-state index is 12.1. The van der Waals surface area contributed by atoms with E-state index in [4.69, 9.17) is 21.5 Å². The lowest BCUT2D eigenvalue weighted by Gasteiger charge is -2.10. The number of benzene rings is 2. The average molecular weight is 392 g/mol. The molecule has 9 heteroatoms. The zero-order valence-electron chi connectivity index (χ0n) is 13.3. The minimum atomic E-state index is -3.85. The first-order chi connectivity index (χ1) is 12.3. The third kappa shape index (κ3) is 4.10. The summed E-state index contributed by atoms with van der Waals surface area (Å²) in [7, 11) is -3.85. The molecule has 0 bridgehead atoms. The normalized spacial score (nSPS) is 11.3. The number of nitrogens with one attached hydrogen (secondary N) is 1. The predicted molar refractivity (Wildman–Crippen MR) is 98.7 cm³/mol. The van der Waals surface area contributed by atoms with Crippen molar-refractivity contribution >= 4 is 44.1 Å². The summed E-state index contributed by atoms with van der Waals surface area (Å²) in [4.78, 5) is 16.2. The first kappa shape index (κ1) is 18.1. The summed E-state index contributed by atoms with van der Waals surface area (Å²) in [6, 6.07) is 12.5. The zero-order valence-corrected chi connectivity index (χ0v) is 14.9. The summed E-state index contributed by atoms with van der Waals surface area (Å²) >= 11 is 6.12. The highest BCUT2D eigenvalue weighted by atomic mass is 35.5. The second-order valence-corrected chi connectivity index (χ2v) is 7.32. The number of hydrogen-bond donors (Lipinski definition) is 2. The van der Waals surface area contributed by atoms with Gasteiger partial charge < -0.3 is 10.1 Å². The standard InChI is InChI=1S/C17H14ClN3O4S/c18-14-6-7-15(17-13(14)5-2-8-20-17)25-10-16(22)21-11-3-1-4-12(9-11)26(19,23)24/h1-9H,10H2,(H,21,22)(H2,19,23,24). The lowest BCUT2D eigenvalue weighted by molar-refractivity contribution is -0.118. The number of amides is 1. The minimum absolute atomic E-state index is 0.0934. The Balaban J connectivity index is 1.72. The van der Waals surface area contributed by atoms with E-state index in [0.717, 1.165) is 0 Å². The van der Waals surface area contributed by atoms with Gasteiger partial charge in [0.1, 0.15) is 11.3 Å². The molecule has 3 aromatic rings. The number of primary sulfonamides is 1. The fraction of sp³-hybridized carbons (Fsp3) is 0.0588. The van der Waals surface area contributed by atoms with Gasteiger partial charge in [0, 0.05) is 17.3 Å². The quantitative estimate of drug-likeness (QED) is 0.694. The van der Waals surface area contributed by atoms with Crippen LogP contribution in [0.4, 0.5) is 5.69 Å². The van der Waals surface area contributed by atoms with Crippen molar-refractivity contribution in [1.29, 1.82) is 0 Å². The highest BCUT2D eigenvalue weighted by molar-refractivity contribution is 7.89. The van der Waals surface area contributed by atoms with Gasteiger partial charge in [0.05, 0.1) is 9.92 Å². The van der Waals surface area contributed by atoms with Crippen molar-refractivity contribution in [1.82, 2.24) is 4.98 Å². The first-order valence-corrected chi connectivity index (χ1v) is 9.36. The lowest BCUT2D eigenvalue weighted by atomic mass is 10.2. The van der Waals surface area contributed by atoms with Gasteiger partial charge in [-0.3, -0.25) is 9.78 Å². The number of fused-ring (bicyclic) bond motifs is 1. The lowest BCUT2D eigenvalue weighted by Crippen LogP contribution is -2.20. The summed E-state index contributed by atoms with van der Waals surface area (Å²) in [5.74, 6) is -0.0472. The highest BCUT2D eigenvalue weighted by Gasteiger charge is 2.11. The van der Waals surface area contributed by atoms with Crippen molar-refractivity contribution in [3.63, 3.8) is 0 Å². The Kier molecular flexibility index (Phi) is 5.08. The smallest absolute Gasteiger partial charge is 0.262 e.